The van der Waals surface area contributed by atoms with Gasteiger partial charge in [0, 0.05) is 11.6 Å². The Morgan fingerprint density at radius 3 is 2.11 bits per heavy atom. The van der Waals surface area contributed by atoms with Crippen molar-refractivity contribution in [1.29, 1.82) is 0 Å². The molecule has 3 rings (SSSR count). The number of carbonyl (C=O) groups is 2. The van der Waals surface area contributed by atoms with Crippen LogP contribution in [0.2, 0.25) is 0 Å². The first-order chi connectivity index (χ1) is 18.2. The van der Waals surface area contributed by atoms with Gasteiger partial charge in [-0.15, -0.1) is 0 Å². The standard InChI is InChI=1S/C31H41NO5/c1-2-30(33)36-23-13-8-6-4-3-5-7-12-22-35-28-20-21-29(32-24-28)25-16-18-26(19-17-25)31(34)37-27-14-10-9-11-15-27/h2,16-21,24,27H,1,3-15,22-23H2. The van der Waals surface area contributed by atoms with E-state index in [4.69, 9.17) is 14.2 Å². The Balaban J connectivity index is 1.26. The van der Waals surface area contributed by atoms with Crippen LogP contribution in [0.1, 0.15) is 93.8 Å². The summed E-state index contributed by atoms with van der Waals surface area (Å²) in [6.45, 7) is 4.56. The van der Waals surface area contributed by atoms with Crippen LogP contribution in [0.15, 0.2) is 55.3 Å². The Kier molecular flexibility index (Phi) is 12.7. The monoisotopic (exact) mass is 507 g/mol. The van der Waals surface area contributed by atoms with Crippen molar-refractivity contribution >= 4 is 11.9 Å². The lowest BCUT2D eigenvalue weighted by Crippen LogP contribution is -2.20. The Hall–Kier alpha value is -3.15. The van der Waals surface area contributed by atoms with Crippen LogP contribution in [0.5, 0.6) is 5.75 Å². The van der Waals surface area contributed by atoms with Gasteiger partial charge in [0.15, 0.2) is 0 Å². The van der Waals surface area contributed by atoms with Crippen LogP contribution in [0, 0.1) is 0 Å². The number of rotatable bonds is 16. The average molecular weight is 508 g/mol. The van der Waals surface area contributed by atoms with Gasteiger partial charge in [-0.2, -0.15) is 0 Å². The van der Waals surface area contributed by atoms with Crippen LogP contribution < -0.4 is 4.74 Å². The number of unbranched alkanes of at least 4 members (excludes halogenated alkanes) is 7. The van der Waals surface area contributed by atoms with Gasteiger partial charge in [0.1, 0.15) is 11.9 Å². The summed E-state index contributed by atoms with van der Waals surface area (Å²) in [6, 6.07) is 11.3. The summed E-state index contributed by atoms with van der Waals surface area (Å²) in [5.41, 5.74) is 2.39. The lowest BCUT2D eigenvalue weighted by Gasteiger charge is -2.21. The normalized spacial score (nSPS) is 13.6. The van der Waals surface area contributed by atoms with Gasteiger partial charge in [-0.3, -0.25) is 4.98 Å². The first-order valence-electron chi connectivity index (χ1n) is 13.8. The second kappa shape index (κ2) is 16.6. The van der Waals surface area contributed by atoms with E-state index in [1.54, 1.807) is 6.20 Å². The molecule has 0 atom stereocenters. The van der Waals surface area contributed by atoms with E-state index in [-0.39, 0.29) is 18.0 Å². The third-order valence-electron chi connectivity index (χ3n) is 6.70. The molecule has 1 aliphatic rings. The van der Waals surface area contributed by atoms with Gasteiger partial charge in [-0.1, -0.05) is 63.7 Å². The molecular weight excluding hydrogens is 466 g/mol. The van der Waals surface area contributed by atoms with E-state index in [9.17, 15) is 9.59 Å². The van der Waals surface area contributed by atoms with Crippen molar-refractivity contribution in [3.63, 3.8) is 0 Å². The topological polar surface area (TPSA) is 74.7 Å². The summed E-state index contributed by atoms with van der Waals surface area (Å²) in [4.78, 5) is 27.9. The van der Waals surface area contributed by atoms with Gasteiger partial charge in [0.2, 0.25) is 0 Å². The molecule has 1 heterocycles. The van der Waals surface area contributed by atoms with E-state index in [2.05, 4.69) is 11.6 Å². The molecule has 2 aromatic rings. The van der Waals surface area contributed by atoms with E-state index in [1.807, 2.05) is 36.4 Å². The Morgan fingerprint density at radius 1 is 0.838 bits per heavy atom. The van der Waals surface area contributed by atoms with Crippen LogP contribution in [0.25, 0.3) is 11.3 Å². The summed E-state index contributed by atoms with van der Waals surface area (Å²) in [6.07, 6.45) is 17.5. The first kappa shape index (κ1) is 28.4. The van der Waals surface area contributed by atoms with Crippen LogP contribution in [-0.4, -0.2) is 36.2 Å². The van der Waals surface area contributed by atoms with E-state index in [0.29, 0.717) is 18.8 Å². The maximum Gasteiger partial charge on any atom is 0.338 e. The highest BCUT2D eigenvalue weighted by atomic mass is 16.5. The fourth-order valence-electron chi connectivity index (χ4n) is 4.50. The minimum Gasteiger partial charge on any atom is -0.492 e. The lowest BCUT2D eigenvalue weighted by atomic mass is 9.98. The molecule has 0 aliphatic heterocycles. The van der Waals surface area contributed by atoms with Gasteiger partial charge in [-0.25, -0.2) is 9.59 Å². The van der Waals surface area contributed by atoms with Crippen molar-refractivity contribution in [2.45, 2.75) is 89.6 Å². The van der Waals surface area contributed by atoms with Crippen molar-refractivity contribution in [3.8, 4) is 17.0 Å². The van der Waals surface area contributed by atoms with Crippen molar-refractivity contribution in [3.05, 3.63) is 60.8 Å². The van der Waals surface area contributed by atoms with Gasteiger partial charge in [0.25, 0.3) is 0 Å². The van der Waals surface area contributed by atoms with E-state index >= 15 is 0 Å². The van der Waals surface area contributed by atoms with Crippen molar-refractivity contribution < 1.29 is 23.8 Å². The number of pyridine rings is 1. The largest absolute Gasteiger partial charge is 0.492 e. The predicted octanol–water partition coefficient (Wildman–Crippen LogP) is 7.47. The SMILES string of the molecule is C=CC(=O)OCCCCCCCCCCOc1ccc(-c2ccc(C(=O)OC3CCCCC3)cc2)nc1. The Morgan fingerprint density at radius 2 is 1.49 bits per heavy atom. The maximum atomic E-state index is 12.4. The summed E-state index contributed by atoms with van der Waals surface area (Å²) in [7, 11) is 0. The molecule has 0 radical (unpaired) electrons. The molecule has 0 bridgehead atoms. The van der Waals surface area contributed by atoms with E-state index in [1.165, 1.54) is 38.2 Å². The fourth-order valence-corrected chi connectivity index (χ4v) is 4.50. The second-order valence-corrected chi connectivity index (χ2v) is 9.67. The molecule has 1 aromatic heterocycles. The van der Waals surface area contributed by atoms with Crippen LogP contribution in [0.3, 0.4) is 0 Å². The van der Waals surface area contributed by atoms with Crippen molar-refractivity contribution in [1.82, 2.24) is 4.98 Å². The highest BCUT2D eigenvalue weighted by Gasteiger charge is 2.18. The Labute approximate surface area is 221 Å². The van der Waals surface area contributed by atoms with Crippen LogP contribution >= 0.6 is 0 Å². The number of aromatic nitrogens is 1. The molecule has 6 nitrogen and oxygen atoms in total. The zero-order valence-electron chi connectivity index (χ0n) is 22.0. The molecule has 0 saturated heterocycles. The van der Waals surface area contributed by atoms with E-state index < -0.39 is 0 Å². The predicted molar refractivity (Wildman–Crippen MR) is 146 cm³/mol. The van der Waals surface area contributed by atoms with E-state index in [0.717, 1.165) is 68.4 Å². The summed E-state index contributed by atoms with van der Waals surface area (Å²) in [5.74, 6) is 0.195. The van der Waals surface area contributed by atoms with Gasteiger partial charge < -0.3 is 14.2 Å². The number of carbonyl (C=O) groups excluding carboxylic acids is 2. The van der Waals surface area contributed by atoms with Crippen LogP contribution in [0.4, 0.5) is 0 Å². The molecule has 1 fully saturated rings. The number of ether oxygens (including phenoxy) is 3. The minimum atomic E-state index is -0.340. The Bertz CT molecular complexity index is 949. The second-order valence-electron chi connectivity index (χ2n) is 9.67. The number of hydrogen-bond acceptors (Lipinski definition) is 6. The zero-order chi connectivity index (χ0) is 26.1. The molecule has 1 aromatic carbocycles. The van der Waals surface area contributed by atoms with Gasteiger partial charge in [-0.05, 0) is 62.8 Å². The molecule has 0 unspecified atom stereocenters. The first-order valence-corrected chi connectivity index (χ1v) is 13.8. The average Bonchev–Trinajstić information content (AvgIpc) is 2.94. The van der Waals surface area contributed by atoms with Gasteiger partial charge in [0.05, 0.1) is 30.7 Å². The van der Waals surface area contributed by atoms with Crippen molar-refractivity contribution in [2.24, 2.45) is 0 Å². The lowest BCUT2D eigenvalue weighted by molar-refractivity contribution is -0.137. The summed E-state index contributed by atoms with van der Waals surface area (Å²) in [5, 5.41) is 0. The molecule has 0 spiro atoms. The zero-order valence-corrected chi connectivity index (χ0v) is 22.0. The smallest absolute Gasteiger partial charge is 0.338 e. The summed E-state index contributed by atoms with van der Waals surface area (Å²) < 4.78 is 16.5. The fraction of sp³-hybridized carbons (Fsp3) is 0.516. The molecule has 0 amide bonds. The number of nitrogens with zero attached hydrogens (tertiary/aromatic N) is 1. The molecule has 200 valence electrons. The number of hydrogen-bond donors (Lipinski definition) is 0. The highest BCUT2D eigenvalue weighted by molar-refractivity contribution is 5.90. The molecule has 6 heteroatoms. The summed E-state index contributed by atoms with van der Waals surface area (Å²) >= 11 is 0. The maximum absolute atomic E-state index is 12.4. The van der Waals surface area contributed by atoms with Gasteiger partial charge >= 0.3 is 11.9 Å². The molecule has 37 heavy (non-hydrogen) atoms. The molecular formula is C31H41NO5. The molecule has 1 aliphatic carbocycles. The molecule has 1 saturated carbocycles. The molecule has 0 N–H and O–H groups in total. The minimum absolute atomic E-state index is 0.0633. The number of benzene rings is 1. The highest BCUT2D eigenvalue weighted by Crippen LogP contribution is 2.23. The number of esters is 2. The third kappa shape index (κ3) is 10.8. The third-order valence-corrected chi connectivity index (χ3v) is 6.70. The quantitative estimate of drug-likeness (QED) is 0.133. The van der Waals surface area contributed by atoms with Crippen LogP contribution in [-0.2, 0) is 14.3 Å². The van der Waals surface area contributed by atoms with Crippen molar-refractivity contribution in [2.75, 3.05) is 13.2 Å².